The number of aromatic nitrogens is 1. The van der Waals surface area contributed by atoms with Crippen LogP contribution in [0.1, 0.15) is 38.7 Å². The fourth-order valence-corrected chi connectivity index (χ4v) is 2.88. The topological polar surface area (TPSA) is 86.5 Å². The van der Waals surface area contributed by atoms with E-state index < -0.39 is 0 Å². The summed E-state index contributed by atoms with van der Waals surface area (Å²) in [5, 5.41) is 2.78. The van der Waals surface area contributed by atoms with Gasteiger partial charge in [-0.2, -0.15) is 0 Å². The van der Waals surface area contributed by atoms with Crippen LogP contribution in [0.25, 0.3) is 5.70 Å². The van der Waals surface area contributed by atoms with Crippen LogP contribution in [0, 0.1) is 0 Å². The van der Waals surface area contributed by atoms with Gasteiger partial charge in [-0.05, 0) is 26.5 Å². The van der Waals surface area contributed by atoms with Gasteiger partial charge in [-0.25, -0.2) is 9.38 Å². The second-order valence-electron chi connectivity index (χ2n) is 5.72. The summed E-state index contributed by atoms with van der Waals surface area (Å²) in [5.74, 6) is -0.0507. The number of hydrogen-bond donors (Lipinski definition) is 3. The fourth-order valence-electron chi connectivity index (χ4n) is 2.88. The Labute approximate surface area is 135 Å². The molecule has 4 N–H and O–H groups in total. The third-order valence-corrected chi connectivity index (χ3v) is 3.95. The molecule has 23 heavy (non-hydrogen) atoms. The van der Waals surface area contributed by atoms with Gasteiger partial charge in [0.05, 0.1) is 16.9 Å². The number of amides is 1. The summed E-state index contributed by atoms with van der Waals surface area (Å²) in [6, 6.07) is 0.00543. The SMILES string of the molecule is C=Nc1[nH]cc(NC(=O)CC)c1/C(=C(\C)F)N1CCC[C@@H](N)C1. The Kier molecular flexibility index (Phi) is 5.54. The summed E-state index contributed by atoms with van der Waals surface area (Å²) < 4.78 is 14.4. The molecule has 0 spiro atoms. The first-order chi connectivity index (χ1) is 11.0. The van der Waals surface area contributed by atoms with Gasteiger partial charge < -0.3 is 20.9 Å². The van der Waals surface area contributed by atoms with E-state index >= 15 is 0 Å². The van der Waals surface area contributed by atoms with E-state index in [-0.39, 0.29) is 17.8 Å². The van der Waals surface area contributed by atoms with Crippen LogP contribution in [0.3, 0.4) is 0 Å². The minimum Gasteiger partial charge on any atom is -0.367 e. The predicted octanol–water partition coefficient (Wildman–Crippen LogP) is 2.78. The molecule has 1 atom stereocenters. The molecule has 6 nitrogen and oxygen atoms in total. The van der Waals surface area contributed by atoms with Gasteiger partial charge in [0, 0.05) is 31.7 Å². The maximum Gasteiger partial charge on any atom is 0.224 e. The van der Waals surface area contributed by atoms with Crippen molar-refractivity contribution in [3.05, 3.63) is 17.6 Å². The number of anilines is 1. The van der Waals surface area contributed by atoms with Crippen molar-refractivity contribution in [2.45, 2.75) is 39.2 Å². The van der Waals surface area contributed by atoms with E-state index in [1.54, 1.807) is 13.1 Å². The van der Waals surface area contributed by atoms with Gasteiger partial charge in [-0.3, -0.25) is 4.79 Å². The van der Waals surface area contributed by atoms with Gasteiger partial charge in [-0.1, -0.05) is 6.92 Å². The number of carbonyl (C=O) groups excluding carboxylic acids is 1. The van der Waals surface area contributed by atoms with Crippen molar-refractivity contribution in [2.24, 2.45) is 10.7 Å². The van der Waals surface area contributed by atoms with Crippen LogP contribution in [0.4, 0.5) is 15.9 Å². The number of nitrogens with zero attached hydrogens (tertiary/aromatic N) is 2. The second kappa shape index (κ2) is 7.41. The average Bonchev–Trinajstić information content (AvgIpc) is 2.90. The molecule has 0 radical (unpaired) electrons. The third kappa shape index (κ3) is 3.79. The number of hydrogen-bond acceptors (Lipinski definition) is 4. The molecule has 1 amide bonds. The van der Waals surface area contributed by atoms with Crippen molar-refractivity contribution in [1.29, 1.82) is 0 Å². The molecule has 1 aliphatic rings. The lowest BCUT2D eigenvalue weighted by atomic mass is 10.0. The zero-order chi connectivity index (χ0) is 17.0. The first kappa shape index (κ1) is 17.2. The normalized spacial score (nSPS) is 19.3. The molecule has 7 heteroatoms. The first-order valence-electron chi connectivity index (χ1n) is 7.83. The largest absolute Gasteiger partial charge is 0.367 e. The van der Waals surface area contributed by atoms with Crippen LogP contribution in [0.2, 0.25) is 0 Å². The van der Waals surface area contributed by atoms with Crippen molar-refractivity contribution in [1.82, 2.24) is 9.88 Å². The summed E-state index contributed by atoms with van der Waals surface area (Å²) in [7, 11) is 0. The molecule has 1 aromatic rings. The Morgan fingerprint density at radius 1 is 1.65 bits per heavy atom. The molecular weight excluding hydrogens is 297 g/mol. The standard InChI is InChI=1S/C16H24FN5O/c1-4-13(23)21-12-8-20-16(19-3)14(12)15(10(2)17)22-7-5-6-11(18)9-22/h8,11,20H,3-7,9,18H2,1-2H3,(H,21,23)/b15-10-/t11-/m1/s1. The number of halogens is 1. The number of nitrogens with two attached hydrogens (primary N) is 1. The second-order valence-corrected chi connectivity index (χ2v) is 5.72. The number of carbonyl (C=O) groups is 1. The predicted molar refractivity (Wildman–Crippen MR) is 91.4 cm³/mol. The number of aliphatic imine (C=N–C) groups is 1. The zero-order valence-electron chi connectivity index (χ0n) is 13.7. The molecule has 0 bridgehead atoms. The zero-order valence-corrected chi connectivity index (χ0v) is 13.7. The lowest BCUT2D eigenvalue weighted by Crippen LogP contribution is -2.42. The maximum absolute atomic E-state index is 14.4. The van der Waals surface area contributed by atoms with Crippen molar-refractivity contribution in [2.75, 3.05) is 18.4 Å². The lowest BCUT2D eigenvalue weighted by Gasteiger charge is -2.34. The number of nitrogens with one attached hydrogen (secondary N) is 2. The van der Waals surface area contributed by atoms with Crippen LogP contribution in [0.5, 0.6) is 0 Å². The maximum atomic E-state index is 14.4. The van der Waals surface area contributed by atoms with Crippen LogP contribution in [0.15, 0.2) is 17.0 Å². The number of likely N-dealkylation sites (tertiary alicyclic amines) is 1. The minimum absolute atomic E-state index is 0.00543. The number of aromatic amines is 1. The fraction of sp³-hybridized carbons (Fsp3) is 0.500. The van der Waals surface area contributed by atoms with Gasteiger partial charge in [0.2, 0.25) is 5.91 Å². The van der Waals surface area contributed by atoms with Crippen LogP contribution >= 0.6 is 0 Å². The van der Waals surface area contributed by atoms with E-state index in [1.165, 1.54) is 6.92 Å². The van der Waals surface area contributed by atoms with Crippen LogP contribution < -0.4 is 11.1 Å². The van der Waals surface area contributed by atoms with E-state index in [9.17, 15) is 9.18 Å². The van der Waals surface area contributed by atoms with E-state index in [0.717, 1.165) is 12.8 Å². The minimum atomic E-state index is -0.337. The average molecular weight is 321 g/mol. The Morgan fingerprint density at radius 3 is 2.96 bits per heavy atom. The Balaban J connectivity index is 2.46. The van der Waals surface area contributed by atoms with Gasteiger partial charge in [0.1, 0.15) is 11.6 Å². The number of piperidine rings is 1. The van der Waals surface area contributed by atoms with E-state index in [4.69, 9.17) is 5.73 Å². The van der Waals surface area contributed by atoms with Crippen LogP contribution in [-0.4, -0.2) is 41.6 Å². The molecule has 1 saturated heterocycles. The molecule has 0 aromatic carbocycles. The Hall–Kier alpha value is -2.15. The monoisotopic (exact) mass is 321 g/mol. The highest BCUT2D eigenvalue weighted by Gasteiger charge is 2.27. The molecular formula is C16H24FN5O. The van der Waals surface area contributed by atoms with Crippen LogP contribution in [-0.2, 0) is 4.79 Å². The highest BCUT2D eigenvalue weighted by Crippen LogP contribution is 2.38. The van der Waals surface area contributed by atoms with Gasteiger partial charge >= 0.3 is 0 Å². The molecule has 1 aliphatic heterocycles. The molecule has 1 aromatic heterocycles. The van der Waals surface area contributed by atoms with Crippen molar-refractivity contribution in [3.63, 3.8) is 0 Å². The molecule has 0 saturated carbocycles. The molecule has 2 rings (SSSR count). The van der Waals surface area contributed by atoms with Gasteiger partial charge in [0.25, 0.3) is 0 Å². The van der Waals surface area contributed by atoms with Crippen molar-refractivity contribution < 1.29 is 9.18 Å². The Bertz CT molecular complexity index is 618. The summed E-state index contributed by atoms with van der Waals surface area (Å²) >= 11 is 0. The van der Waals surface area contributed by atoms with Crippen molar-refractivity contribution in [3.8, 4) is 0 Å². The molecule has 0 unspecified atom stereocenters. The third-order valence-electron chi connectivity index (χ3n) is 3.95. The Morgan fingerprint density at radius 2 is 2.39 bits per heavy atom. The summed E-state index contributed by atoms with van der Waals surface area (Å²) in [6.45, 7) is 7.97. The highest BCUT2D eigenvalue weighted by molar-refractivity contribution is 5.96. The van der Waals surface area contributed by atoms with Gasteiger partial charge in [0.15, 0.2) is 0 Å². The highest BCUT2D eigenvalue weighted by atomic mass is 19.1. The molecule has 2 heterocycles. The number of allylic oxidation sites excluding steroid dienone is 1. The summed E-state index contributed by atoms with van der Waals surface area (Å²) in [4.78, 5) is 20.5. The number of H-pyrrole nitrogens is 1. The van der Waals surface area contributed by atoms with E-state index in [0.29, 0.717) is 42.3 Å². The van der Waals surface area contributed by atoms with Gasteiger partial charge in [-0.15, -0.1) is 0 Å². The molecule has 126 valence electrons. The summed E-state index contributed by atoms with van der Waals surface area (Å²) in [5.41, 5.74) is 7.47. The lowest BCUT2D eigenvalue weighted by molar-refractivity contribution is -0.115. The smallest absolute Gasteiger partial charge is 0.224 e. The molecule has 0 aliphatic carbocycles. The summed E-state index contributed by atoms with van der Waals surface area (Å²) in [6.07, 6.45) is 3.77. The van der Waals surface area contributed by atoms with Crippen molar-refractivity contribution >= 4 is 29.8 Å². The van der Waals surface area contributed by atoms with E-state index in [2.05, 4.69) is 22.0 Å². The first-order valence-corrected chi connectivity index (χ1v) is 7.83. The molecule has 1 fully saturated rings. The quantitative estimate of drug-likeness (QED) is 0.729. The van der Waals surface area contributed by atoms with E-state index in [1.807, 2.05) is 4.90 Å². The number of rotatable bonds is 5.